The van der Waals surface area contributed by atoms with Crippen molar-refractivity contribution in [3.05, 3.63) is 63.1 Å². The average molecular weight is 410 g/mol. The largest absolute Gasteiger partial charge is 0.489 e. The van der Waals surface area contributed by atoms with E-state index in [1.165, 1.54) is 4.79 Å². The van der Waals surface area contributed by atoms with Crippen LogP contribution in [0.2, 0.25) is 5.02 Å². The number of aromatic nitrogens is 4. The number of hydrogen-bond donors (Lipinski definition) is 2. The number of tetrazole rings is 1. The zero-order chi connectivity index (χ0) is 16.9. The highest BCUT2D eigenvalue weighted by Crippen LogP contribution is 2.24. The highest BCUT2D eigenvalue weighted by Gasteiger charge is 2.07. The molecule has 124 valence electrons. The van der Waals surface area contributed by atoms with Crippen LogP contribution in [-0.4, -0.2) is 20.3 Å². The fourth-order valence-corrected chi connectivity index (χ4v) is 2.57. The van der Waals surface area contributed by atoms with Crippen molar-refractivity contribution in [1.29, 1.82) is 0 Å². The third-order valence-electron chi connectivity index (χ3n) is 3.24. The second kappa shape index (κ2) is 7.50. The molecule has 0 atom stereocenters. The van der Waals surface area contributed by atoms with Crippen LogP contribution in [0, 0.1) is 0 Å². The summed E-state index contributed by atoms with van der Waals surface area (Å²) in [6.07, 6.45) is 0. The number of nitrogens with one attached hydrogen (secondary N) is 1. The van der Waals surface area contributed by atoms with Crippen LogP contribution in [0.5, 0.6) is 5.75 Å². The fourth-order valence-electron chi connectivity index (χ4n) is 2.04. The lowest BCUT2D eigenvalue weighted by Crippen LogP contribution is -2.18. The SMILES string of the molecule is Nc1nnnn1NCc1cc(Br)ccc1OCc1ccc(Cl)cc1. The van der Waals surface area contributed by atoms with Crippen molar-refractivity contribution in [2.24, 2.45) is 0 Å². The second-order valence-corrected chi connectivity index (χ2v) is 6.30. The maximum Gasteiger partial charge on any atom is 0.260 e. The monoisotopic (exact) mass is 408 g/mol. The zero-order valence-electron chi connectivity index (χ0n) is 12.5. The summed E-state index contributed by atoms with van der Waals surface area (Å²) in [5.74, 6) is 0.945. The summed E-state index contributed by atoms with van der Waals surface area (Å²) in [7, 11) is 0. The maximum absolute atomic E-state index is 5.92. The molecule has 7 nitrogen and oxygen atoms in total. The first-order valence-electron chi connectivity index (χ1n) is 7.05. The predicted octanol–water partition coefficient (Wildman–Crippen LogP) is 2.99. The van der Waals surface area contributed by atoms with E-state index in [1.54, 1.807) is 0 Å². The normalized spacial score (nSPS) is 10.6. The average Bonchev–Trinajstić information content (AvgIpc) is 2.98. The first-order valence-corrected chi connectivity index (χ1v) is 8.22. The van der Waals surface area contributed by atoms with Crippen LogP contribution in [0.15, 0.2) is 46.9 Å². The van der Waals surface area contributed by atoms with Crippen molar-refractivity contribution in [2.75, 3.05) is 11.2 Å². The first-order chi connectivity index (χ1) is 11.6. The Morgan fingerprint density at radius 1 is 1.21 bits per heavy atom. The van der Waals surface area contributed by atoms with Crippen LogP contribution in [-0.2, 0) is 13.2 Å². The summed E-state index contributed by atoms with van der Waals surface area (Å²) in [4.78, 5) is 1.31. The van der Waals surface area contributed by atoms with Crippen molar-refractivity contribution in [3.8, 4) is 5.75 Å². The molecule has 0 radical (unpaired) electrons. The molecule has 3 N–H and O–H groups in total. The molecule has 0 unspecified atom stereocenters. The summed E-state index contributed by atoms with van der Waals surface area (Å²) in [5, 5.41) is 11.5. The van der Waals surface area contributed by atoms with Gasteiger partial charge in [-0.15, -0.1) is 4.79 Å². The van der Waals surface area contributed by atoms with Crippen LogP contribution in [0.25, 0.3) is 0 Å². The molecular formula is C15H14BrClN6O. The number of benzene rings is 2. The Bertz CT molecular complexity index is 823. The minimum Gasteiger partial charge on any atom is -0.489 e. The Labute approximate surface area is 151 Å². The number of nitrogens with two attached hydrogens (primary N) is 1. The van der Waals surface area contributed by atoms with Crippen molar-refractivity contribution < 1.29 is 4.74 Å². The van der Waals surface area contributed by atoms with Gasteiger partial charge in [0.15, 0.2) is 0 Å². The molecule has 0 spiro atoms. The molecule has 9 heteroatoms. The van der Waals surface area contributed by atoms with E-state index in [2.05, 4.69) is 36.9 Å². The third kappa shape index (κ3) is 4.15. The van der Waals surface area contributed by atoms with Gasteiger partial charge in [0.1, 0.15) is 12.4 Å². The van der Waals surface area contributed by atoms with E-state index in [9.17, 15) is 0 Å². The summed E-state index contributed by atoms with van der Waals surface area (Å²) < 4.78 is 6.87. The van der Waals surface area contributed by atoms with E-state index < -0.39 is 0 Å². The number of nitrogen functional groups attached to an aromatic ring is 1. The lowest BCUT2D eigenvalue weighted by atomic mass is 10.2. The molecule has 0 saturated carbocycles. The standard InChI is InChI=1S/C15H14BrClN6O/c16-12-3-6-14(24-9-10-1-4-13(17)5-2-10)11(7-12)8-19-23-15(18)20-21-22-23/h1-7,19H,8-9H2,(H2,18,20,22). The van der Waals surface area contributed by atoms with Gasteiger partial charge < -0.3 is 15.9 Å². The van der Waals surface area contributed by atoms with E-state index in [4.69, 9.17) is 22.1 Å². The van der Waals surface area contributed by atoms with Gasteiger partial charge in [0.05, 0.1) is 6.54 Å². The van der Waals surface area contributed by atoms with Gasteiger partial charge in [-0.2, -0.15) is 0 Å². The van der Waals surface area contributed by atoms with Gasteiger partial charge in [0.25, 0.3) is 5.95 Å². The number of halogens is 2. The van der Waals surface area contributed by atoms with Gasteiger partial charge >= 0.3 is 0 Å². The van der Waals surface area contributed by atoms with Crippen LogP contribution in [0.1, 0.15) is 11.1 Å². The summed E-state index contributed by atoms with van der Waals surface area (Å²) in [6, 6.07) is 13.3. The fraction of sp³-hybridized carbons (Fsp3) is 0.133. The predicted molar refractivity (Wildman–Crippen MR) is 95.2 cm³/mol. The molecule has 0 aliphatic carbocycles. The minimum absolute atomic E-state index is 0.189. The molecule has 0 bridgehead atoms. The molecule has 24 heavy (non-hydrogen) atoms. The molecule has 1 aromatic heterocycles. The Hall–Kier alpha value is -2.32. The molecule has 0 saturated heterocycles. The molecular weight excluding hydrogens is 396 g/mol. The van der Waals surface area contributed by atoms with Gasteiger partial charge in [-0.1, -0.05) is 44.8 Å². The Balaban J connectivity index is 1.70. The lowest BCUT2D eigenvalue weighted by molar-refractivity contribution is 0.303. The third-order valence-corrected chi connectivity index (χ3v) is 3.99. The molecule has 2 aromatic carbocycles. The van der Waals surface area contributed by atoms with Gasteiger partial charge in [-0.3, -0.25) is 0 Å². The highest BCUT2D eigenvalue weighted by molar-refractivity contribution is 9.10. The van der Waals surface area contributed by atoms with Crippen molar-refractivity contribution >= 4 is 33.5 Å². The van der Waals surface area contributed by atoms with Gasteiger partial charge in [-0.05, 0) is 46.3 Å². The van der Waals surface area contributed by atoms with Crippen LogP contribution in [0.3, 0.4) is 0 Å². The Morgan fingerprint density at radius 2 is 2.00 bits per heavy atom. The highest BCUT2D eigenvalue weighted by atomic mass is 79.9. The van der Waals surface area contributed by atoms with Crippen molar-refractivity contribution in [2.45, 2.75) is 13.2 Å². The molecule has 1 heterocycles. The van der Waals surface area contributed by atoms with Gasteiger partial charge in [-0.25, -0.2) is 0 Å². The van der Waals surface area contributed by atoms with Crippen LogP contribution >= 0.6 is 27.5 Å². The van der Waals surface area contributed by atoms with E-state index in [0.717, 1.165) is 21.3 Å². The minimum atomic E-state index is 0.189. The second-order valence-electron chi connectivity index (χ2n) is 4.95. The van der Waals surface area contributed by atoms with E-state index in [1.807, 2.05) is 42.5 Å². The van der Waals surface area contributed by atoms with E-state index in [-0.39, 0.29) is 5.95 Å². The number of nitrogens with zero attached hydrogens (tertiary/aromatic N) is 4. The van der Waals surface area contributed by atoms with E-state index >= 15 is 0 Å². The molecule has 3 rings (SSSR count). The van der Waals surface area contributed by atoms with Crippen molar-refractivity contribution in [3.63, 3.8) is 0 Å². The number of hydrogen-bond acceptors (Lipinski definition) is 6. The first kappa shape index (κ1) is 16.5. The molecule has 0 fully saturated rings. The van der Waals surface area contributed by atoms with Crippen LogP contribution < -0.4 is 15.9 Å². The summed E-state index contributed by atoms with van der Waals surface area (Å²) >= 11 is 9.36. The number of anilines is 1. The zero-order valence-corrected chi connectivity index (χ0v) is 14.8. The molecule has 3 aromatic rings. The van der Waals surface area contributed by atoms with Gasteiger partial charge in [0.2, 0.25) is 0 Å². The number of ether oxygens (including phenoxy) is 1. The molecule has 0 aliphatic rings. The smallest absolute Gasteiger partial charge is 0.260 e. The lowest BCUT2D eigenvalue weighted by Gasteiger charge is -2.13. The van der Waals surface area contributed by atoms with E-state index in [0.29, 0.717) is 18.2 Å². The van der Waals surface area contributed by atoms with Gasteiger partial charge in [0, 0.05) is 15.1 Å². The molecule has 0 aliphatic heterocycles. The molecule has 0 amide bonds. The number of rotatable bonds is 6. The maximum atomic E-state index is 5.92. The topological polar surface area (TPSA) is 90.9 Å². The Morgan fingerprint density at radius 3 is 2.71 bits per heavy atom. The summed E-state index contributed by atoms with van der Waals surface area (Å²) in [6.45, 7) is 0.892. The van der Waals surface area contributed by atoms with Crippen molar-refractivity contribution in [1.82, 2.24) is 20.3 Å². The summed E-state index contributed by atoms with van der Waals surface area (Å²) in [5.41, 5.74) is 10.6. The van der Waals surface area contributed by atoms with Crippen LogP contribution in [0.4, 0.5) is 5.95 Å². The quantitative estimate of drug-likeness (QED) is 0.650. The Kier molecular flexibility index (Phi) is 5.17.